The quantitative estimate of drug-likeness (QED) is 0.397. The van der Waals surface area contributed by atoms with Crippen LogP contribution in [0.15, 0.2) is 51.7 Å². The summed E-state index contributed by atoms with van der Waals surface area (Å²) in [6, 6.07) is 8.74. The van der Waals surface area contributed by atoms with Gasteiger partial charge in [0, 0.05) is 70.5 Å². The number of nitrogens with zero attached hydrogens (tertiary/aromatic N) is 9. The summed E-state index contributed by atoms with van der Waals surface area (Å²) in [6.45, 7) is 8.10. The lowest BCUT2D eigenvalue weighted by Crippen LogP contribution is -2.47. The van der Waals surface area contributed by atoms with Crippen molar-refractivity contribution in [1.82, 2.24) is 39.0 Å². The van der Waals surface area contributed by atoms with Gasteiger partial charge in [-0.2, -0.15) is 14.3 Å². The molecule has 0 N–H and O–H groups in total. The number of rotatable bonds is 7. The minimum Gasteiger partial charge on any atom is -0.338 e. The minimum atomic E-state index is -3.58. The zero-order valence-electron chi connectivity index (χ0n) is 22.0. The Morgan fingerprint density at radius 1 is 0.842 bits per heavy atom. The molecule has 0 aliphatic carbocycles. The fourth-order valence-electron chi connectivity index (χ4n) is 4.36. The minimum absolute atomic E-state index is 0.272. The highest BCUT2D eigenvalue weighted by atomic mass is 32.2. The van der Waals surface area contributed by atoms with E-state index in [-0.39, 0.29) is 4.90 Å². The molecular formula is C25H33N9O2S2. The van der Waals surface area contributed by atoms with Crippen molar-refractivity contribution in [3.63, 3.8) is 0 Å². The van der Waals surface area contributed by atoms with Gasteiger partial charge in [0.25, 0.3) is 0 Å². The molecule has 0 saturated carbocycles. The monoisotopic (exact) mass is 555 g/mol. The second-order valence-electron chi connectivity index (χ2n) is 9.54. The molecule has 0 bridgehead atoms. The van der Waals surface area contributed by atoms with Crippen molar-refractivity contribution < 1.29 is 8.42 Å². The van der Waals surface area contributed by atoms with E-state index >= 15 is 0 Å². The average Bonchev–Trinajstić information content (AvgIpc) is 2.94. The third-order valence-corrected chi connectivity index (χ3v) is 9.44. The number of aromatic nitrogens is 5. The second-order valence-corrected chi connectivity index (χ2v) is 12.4. The van der Waals surface area contributed by atoms with E-state index in [4.69, 9.17) is 9.97 Å². The number of piperazine rings is 2. The number of aryl methyl sites for hydroxylation is 1. The molecule has 0 radical (unpaired) electrons. The van der Waals surface area contributed by atoms with E-state index in [1.54, 1.807) is 34.8 Å². The van der Waals surface area contributed by atoms with Crippen LogP contribution in [0.5, 0.6) is 0 Å². The van der Waals surface area contributed by atoms with Crippen molar-refractivity contribution in [2.75, 3.05) is 71.4 Å². The first-order valence-corrected chi connectivity index (χ1v) is 15.1. The Balaban J connectivity index is 1.37. The summed E-state index contributed by atoms with van der Waals surface area (Å²) in [5.41, 5.74) is 1.36. The molecule has 38 heavy (non-hydrogen) atoms. The van der Waals surface area contributed by atoms with Crippen molar-refractivity contribution in [3.8, 4) is 11.3 Å². The zero-order valence-corrected chi connectivity index (χ0v) is 23.6. The molecule has 202 valence electrons. The summed E-state index contributed by atoms with van der Waals surface area (Å²) < 4.78 is 28.1. The number of likely N-dealkylation sites (N-methyl/N-ethyl adjacent to an activating group) is 2. The third-order valence-electron chi connectivity index (χ3n) is 6.80. The van der Waals surface area contributed by atoms with Crippen LogP contribution in [0.4, 0.5) is 5.95 Å². The van der Waals surface area contributed by atoms with Crippen LogP contribution in [0, 0.1) is 0 Å². The van der Waals surface area contributed by atoms with Crippen LogP contribution < -0.4 is 4.90 Å². The normalized spacial score (nSPS) is 18.1. The van der Waals surface area contributed by atoms with Crippen LogP contribution in [0.3, 0.4) is 0 Å². The van der Waals surface area contributed by atoms with Crippen molar-refractivity contribution in [2.24, 2.45) is 0 Å². The SMILES string of the molecule is CCc1nc(Sc2nccc(-c3cccc(S(=O)(=O)N4CCN(C)CC4)c3)n2)nc(N2CCN(C)CC2)n1. The van der Waals surface area contributed by atoms with Crippen molar-refractivity contribution in [1.29, 1.82) is 0 Å². The Morgan fingerprint density at radius 3 is 2.26 bits per heavy atom. The fourth-order valence-corrected chi connectivity index (χ4v) is 6.53. The molecule has 2 aliphatic rings. The third kappa shape index (κ3) is 6.12. The van der Waals surface area contributed by atoms with E-state index in [9.17, 15) is 8.42 Å². The number of sulfonamides is 1. The molecule has 2 aromatic heterocycles. The van der Waals surface area contributed by atoms with E-state index in [2.05, 4.69) is 36.7 Å². The van der Waals surface area contributed by atoms with Gasteiger partial charge in [0.05, 0.1) is 10.6 Å². The highest BCUT2D eigenvalue weighted by molar-refractivity contribution is 7.99. The first kappa shape index (κ1) is 26.9. The molecule has 4 heterocycles. The lowest BCUT2D eigenvalue weighted by atomic mass is 10.1. The summed E-state index contributed by atoms with van der Waals surface area (Å²) in [4.78, 5) is 30.0. The molecule has 0 unspecified atom stereocenters. The van der Waals surface area contributed by atoms with E-state index in [0.717, 1.165) is 45.1 Å². The Bertz CT molecular complexity index is 1370. The first-order chi connectivity index (χ1) is 18.3. The van der Waals surface area contributed by atoms with Gasteiger partial charge in [-0.25, -0.2) is 23.4 Å². The van der Waals surface area contributed by atoms with Gasteiger partial charge in [-0.1, -0.05) is 19.1 Å². The number of hydrogen-bond acceptors (Lipinski definition) is 11. The van der Waals surface area contributed by atoms with E-state index in [1.165, 1.54) is 11.8 Å². The Morgan fingerprint density at radius 2 is 1.55 bits per heavy atom. The molecule has 0 amide bonds. The van der Waals surface area contributed by atoms with Crippen LogP contribution in [-0.4, -0.2) is 114 Å². The van der Waals surface area contributed by atoms with Gasteiger partial charge in [0.1, 0.15) is 5.82 Å². The average molecular weight is 556 g/mol. The number of anilines is 1. The van der Waals surface area contributed by atoms with E-state index in [0.29, 0.717) is 47.0 Å². The summed E-state index contributed by atoms with van der Waals surface area (Å²) in [5.74, 6) is 1.42. The molecule has 2 saturated heterocycles. The van der Waals surface area contributed by atoms with Crippen LogP contribution >= 0.6 is 11.8 Å². The van der Waals surface area contributed by atoms with Crippen molar-refractivity contribution in [3.05, 3.63) is 42.4 Å². The Kier molecular flexibility index (Phi) is 8.19. The number of benzene rings is 1. The lowest BCUT2D eigenvalue weighted by Gasteiger charge is -2.32. The molecule has 5 rings (SSSR count). The maximum absolute atomic E-state index is 13.3. The van der Waals surface area contributed by atoms with Crippen LogP contribution in [-0.2, 0) is 16.4 Å². The molecule has 3 aromatic rings. The predicted octanol–water partition coefficient (Wildman–Crippen LogP) is 1.73. The molecular weight excluding hydrogens is 522 g/mol. The highest BCUT2D eigenvalue weighted by Crippen LogP contribution is 2.27. The maximum atomic E-state index is 13.3. The largest absolute Gasteiger partial charge is 0.338 e. The standard InChI is InChI=1S/C25H33N9O2S2/c1-4-22-28-23(33-14-10-31(2)11-15-33)30-25(29-22)37-24-26-9-8-21(27-24)19-6-5-7-20(18-19)38(35,36)34-16-12-32(3)13-17-34/h5-9,18H,4,10-17H2,1-3H3. The fraction of sp³-hybridized carbons (Fsp3) is 0.480. The molecule has 2 fully saturated rings. The summed E-state index contributed by atoms with van der Waals surface area (Å²) in [7, 11) is 0.541. The molecule has 11 nitrogen and oxygen atoms in total. The summed E-state index contributed by atoms with van der Waals surface area (Å²) in [6.07, 6.45) is 2.38. The topological polar surface area (TPSA) is 112 Å². The Labute approximate surface area is 228 Å². The lowest BCUT2D eigenvalue weighted by molar-refractivity contribution is 0.222. The Hall–Kier alpha value is -2.71. The van der Waals surface area contributed by atoms with Crippen LogP contribution in [0.25, 0.3) is 11.3 Å². The maximum Gasteiger partial charge on any atom is 0.243 e. The molecule has 13 heteroatoms. The van der Waals surface area contributed by atoms with Gasteiger partial charge >= 0.3 is 0 Å². The van der Waals surface area contributed by atoms with Crippen molar-refractivity contribution in [2.45, 2.75) is 28.6 Å². The van der Waals surface area contributed by atoms with E-state index in [1.807, 2.05) is 20.0 Å². The van der Waals surface area contributed by atoms with Crippen LogP contribution in [0.1, 0.15) is 12.7 Å². The molecule has 0 atom stereocenters. The zero-order chi connectivity index (χ0) is 26.7. The molecule has 1 aromatic carbocycles. The number of hydrogen-bond donors (Lipinski definition) is 0. The van der Waals surface area contributed by atoms with Gasteiger partial charge in [0.15, 0.2) is 5.16 Å². The van der Waals surface area contributed by atoms with Gasteiger partial charge in [0.2, 0.25) is 21.1 Å². The van der Waals surface area contributed by atoms with Gasteiger partial charge in [-0.15, -0.1) is 0 Å². The smallest absolute Gasteiger partial charge is 0.243 e. The predicted molar refractivity (Wildman–Crippen MR) is 147 cm³/mol. The molecule has 2 aliphatic heterocycles. The van der Waals surface area contributed by atoms with Crippen molar-refractivity contribution >= 4 is 27.7 Å². The highest BCUT2D eigenvalue weighted by Gasteiger charge is 2.27. The van der Waals surface area contributed by atoms with Gasteiger partial charge < -0.3 is 14.7 Å². The second kappa shape index (κ2) is 11.6. The first-order valence-electron chi connectivity index (χ1n) is 12.8. The van der Waals surface area contributed by atoms with Crippen LogP contribution in [0.2, 0.25) is 0 Å². The molecule has 0 spiro atoms. The van der Waals surface area contributed by atoms with Gasteiger partial charge in [-0.3, -0.25) is 0 Å². The van der Waals surface area contributed by atoms with Gasteiger partial charge in [-0.05, 0) is 44.1 Å². The van der Waals surface area contributed by atoms with E-state index < -0.39 is 10.0 Å². The summed E-state index contributed by atoms with van der Waals surface area (Å²) in [5, 5.41) is 1.04. The summed E-state index contributed by atoms with van der Waals surface area (Å²) >= 11 is 1.28.